The number of benzene rings is 1. The van der Waals surface area contributed by atoms with Gasteiger partial charge in [-0.3, -0.25) is 4.79 Å². The molecule has 1 aromatic rings. The molecule has 0 bridgehead atoms. The third-order valence-electron chi connectivity index (χ3n) is 3.83. The second-order valence-electron chi connectivity index (χ2n) is 5.48. The van der Waals surface area contributed by atoms with Crippen molar-refractivity contribution in [3.8, 4) is 0 Å². The van der Waals surface area contributed by atoms with Gasteiger partial charge in [-0.05, 0) is 25.0 Å². The molecule has 0 saturated carbocycles. The Balaban J connectivity index is 2.02. The van der Waals surface area contributed by atoms with Crippen molar-refractivity contribution < 1.29 is 14.3 Å². The average molecular weight is 292 g/mol. The van der Waals surface area contributed by atoms with Crippen molar-refractivity contribution in [2.24, 2.45) is 0 Å². The lowest BCUT2D eigenvalue weighted by Crippen LogP contribution is -2.40. The molecular formula is C16H24N2O3. The standard InChI is InChI=1S/C16H24N2O3/c1-11-8-14(13-6-4-5-7-15(13)18-11)16(19)17-9-12(21-3)10-20-2/h4-7,11-12,14,18H,8-10H2,1-3H3,(H,17,19). The molecule has 1 heterocycles. The van der Waals surface area contributed by atoms with E-state index in [1.807, 2.05) is 24.3 Å². The molecule has 0 aromatic heterocycles. The monoisotopic (exact) mass is 292 g/mol. The number of carbonyl (C=O) groups is 1. The van der Waals surface area contributed by atoms with Crippen LogP contribution in [0.25, 0.3) is 0 Å². The summed E-state index contributed by atoms with van der Waals surface area (Å²) in [5.41, 5.74) is 2.12. The number of hydrogen-bond acceptors (Lipinski definition) is 4. The van der Waals surface area contributed by atoms with E-state index in [0.29, 0.717) is 13.2 Å². The Morgan fingerprint density at radius 2 is 2.19 bits per heavy atom. The number of hydrogen-bond donors (Lipinski definition) is 2. The molecule has 5 heteroatoms. The Morgan fingerprint density at radius 3 is 2.90 bits per heavy atom. The van der Waals surface area contributed by atoms with Crippen molar-refractivity contribution >= 4 is 11.6 Å². The SMILES string of the molecule is COCC(CNC(=O)C1CC(C)Nc2ccccc21)OC. The van der Waals surface area contributed by atoms with Crippen LogP contribution in [0.5, 0.6) is 0 Å². The summed E-state index contributed by atoms with van der Waals surface area (Å²) in [5.74, 6) is -0.0635. The molecule has 3 unspecified atom stereocenters. The number of methoxy groups -OCH3 is 2. The Labute approximate surface area is 126 Å². The molecule has 0 radical (unpaired) electrons. The van der Waals surface area contributed by atoms with E-state index in [9.17, 15) is 4.79 Å². The van der Waals surface area contributed by atoms with Crippen LogP contribution in [0.1, 0.15) is 24.8 Å². The zero-order chi connectivity index (χ0) is 15.2. The van der Waals surface area contributed by atoms with Crippen LogP contribution in [-0.4, -0.2) is 45.4 Å². The zero-order valence-electron chi connectivity index (χ0n) is 12.9. The lowest BCUT2D eigenvalue weighted by atomic mass is 9.87. The van der Waals surface area contributed by atoms with Gasteiger partial charge in [-0.1, -0.05) is 18.2 Å². The molecule has 1 aromatic carbocycles. The Morgan fingerprint density at radius 1 is 1.43 bits per heavy atom. The predicted octanol–water partition coefficient (Wildman–Crippen LogP) is 1.75. The molecule has 0 fully saturated rings. The van der Waals surface area contributed by atoms with Gasteiger partial charge >= 0.3 is 0 Å². The summed E-state index contributed by atoms with van der Waals surface area (Å²) in [6.45, 7) is 3.03. The molecule has 0 aliphatic carbocycles. The molecule has 1 amide bonds. The molecular weight excluding hydrogens is 268 g/mol. The number of amides is 1. The normalized spacial score (nSPS) is 22.0. The summed E-state index contributed by atoms with van der Waals surface area (Å²) in [4.78, 5) is 12.5. The maximum Gasteiger partial charge on any atom is 0.227 e. The minimum absolute atomic E-state index is 0.0500. The molecule has 1 aliphatic heterocycles. The minimum atomic E-state index is -0.117. The summed E-state index contributed by atoms with van der Waals surface area (Å²) in [5, 5.41) is 6.39. The highest BCUT2D eigenvalue weighted by molar-refractivity contribution is 5.86. The van der Waals surface area contributed by atoms with E-state index in [2.05, 4.69) is 17.6 Å². The molecule has 5 nitrogen and oxygen atoms in total. The zero-order valence-corrected chi connectivity index (χ0v) is 12.9. The first-order valence-electron chi connectivity index (χ1n) is 7.30. The van der Waals surface area contributed by atoms with Crippen LogP contribution in [0, 0.1) is 0 Å². The van der Waals surface area contributed by atoms with E-state index in [4.69, 9.17) is 9.47 Å². The Bertz CT molecular complexity index is 478. The van der Waals surface area contributed by atoms with Crippen molar-refractivity contribution in [2.45, 2.75) is 31.4 Å². The summed E-state index contributed by atoms with van der Waals surface area (Å²) in [6, 6.07) is 8.28. The maximum atomic E-state index is 12.5. The number of rotatable bonds is 6. The first kappa shape index (κ1) is 15.8. The quantitative estimate of drug-likeness (QED) is 0.838. The fourth-order valence-electron chi connectivity index (χ4n) is 2.72. The number of carbonyl (C=O) groups excluding carboxylic acids is 1. The van der Waals surface area contributed by atoms with Crippen LogP contribution in [0.3, 0.4) is 0 Å². The molecule has 116 valence electrons. The van der Waals surface area contributed by atoms with E-state index >= 15 is 0 Å². The van der Waals surface area contributed by atoms with Crippen LogP contribution < -0.4 is 10.6 Å². The summed E-state index contributed by atoms with van der Waals surface area (Å²) < 4.78 is 10.3. The van der Waals surface area contributed by atoms with Crippen LogP contribution in [0.2, 0.25) is 0 Å². The number of ether oxygens (including phenoxy) is 2. The topological polar surface area (TPSA) is 59.6 Å². The fourth-order valence-corrected chi connectivity index (χ4v) is 2.72. The highest BCUT2D eigenvalue weighted by Gasteiger charge is 2.29. The Hall–Kier alpha value is -1.59. The van der Waals surface area contributed by atoms with Crippen LogP contribution in [-0.2, 0) is 14.3 Å². The lowest BCUT2D eigenvalue weighted by Gasteiger charge is -2.30. The van der Waals surface area contributed by atoms with E-state index in [1.165, 1.54) is 0 Å². The van der Waals surface area contributed by atoms with Crippen molar-refractivity contribution in [3.63, 3.8) is 0 Å². The average Bonchev–Trinajstić information content (AvgIpc) is 2.50. The van der Waals surface area contributed by atoms with Crippen molar-refractivity contribution in [3.05, 3.63) is 29.8 Å². The van der Waals surface area contributed by atoms with Crippen LogP contribution in [0.4, 0.5) is 5.69 Å². The van der Waals surface area contributed by atoms with Crippen LogP contribution in [0.15, 0.2) is 24.3 Å². The van der Waals surface area contributed by atoms with E-state index < -0.39 is 0 Å². The van der Waals surface area contributed by atoms with Crippen molar-refractivity contribution in [1.82, 2.24) is 5.32 Å². The van der Waals surface area contributed by atoms with E-state index in [1.54, 1.807) is 14.2 Å². The highest BCUT2D eigenvalue weighted by Crippen LogP contribution is 2.34. The van der Waals surface area contributed by atoms with Crippen molar-refractivity contribution in [1.29, 1.82) is 0 Å². The first-order chi connectivity index (χ1) is 10.2. The molecule has 21 heavy (non-hydrogen) atoms. The van der Waals surface area contributed by atoms with Gasteiger partial charge in [0.15, 0.2) is 0 Å². The lowest BCUT2D eigenvalue weighted by molar-refractivity contribution is -0.123. The van der Waals surface area contributed by atoms with Gasteiger partial charge in [-0.15, -0.1) is 0 Å². The maximum absolute atomic E-state index is 12.5. The molecule has 1 aliphatic rings. The van der Waals surface area contributed by atoms with Crippen LogP contribution >= 0.6 is 0 Å². The molecule has 2 rings (SSSR count). The first-order valence-corrected chi connectivity index (χ1v) is 7.30. The summed E-state index contributed by atoms with van der Waals surface area (Å²) in [6.07, 6.45) is 0.679. The number of anilines is 1. The third-order valence-corrected chi connectivity index (χ3v) is 3.83. The largest absolute Gasteiger partial charge is 0.382 e. The van der Waals surface area contributed by atoms with Gasteiger partial charge in [-0.2, -0.15) is 0 Å². The van der Waals surface area contributed by atoms with E-state index in [-0.39, 0.29) is 24.0 Å². The number of fused-ring (bicyclic) bond motifs is 1. The smallest absolute Gasteiger partial charge is 0.227 e. The van der Waals surface area contributed by atoms with Gasteiger partial charge in [0.2, 0.25) is 5.91 Å². The molecule has 3 atom stereocenters. The van der Waals surface area contributed by atoms with Gasteiger partial charge < -0.3 is 20.1 Å². The van der Waals surface area contributed by atoms with Gasteiger partial charge in [0.1, 0.15) is 0 Å². The predicted molar refractivity (Wildman–Crippen MR) is 82.6 cm³/mol. The number of nitrogens with one attached hydrogen (secondary N) is 2. The minimum Gasteiger partial charge on any atom is -0.382 e. The highest BCUT2D eigenvalue weighted by atomic mass is 16.5. The van der Waals surface area contributed by atoms with Crippen molar-refractivity contribution in [2.75, 3.05) is 32.7 Å². The molecule has 0 spiro atoms. The summed E-state index contributed by atoms with van der Waals surface area (Å²) in [7, 11) is 3.25. The molecule has 0 saturated heterocycles. The van der Waals surface area contributed by atoms with E-state index in [0.717, 1.165) is 17.7 Å². The number of para-hydroxylation sites is 1. The fraction of sp³-hybridized carbons (Fsp3) is 0.562. The Kier molecular flexibility index (Phi) is 5.59. The second kappa shape index (κ2) is 7.43. The van der Waals surface area contributed by atoms with Gasteiger partial charge in [0.25, 0.3) is 0 Å². The summed E-state index contributed by atoms with van der Waals surface area (Å²) >= 11 is 0. The molecule has 2 N–H and O–H groups in total. The second-order valence-corrected chi connectivity index (χ2v) is 5.48. The third kappa shape index (κ3) is 3.95. The van der Waals surface area contributed by atoms with Gasteiger partial charge in [0, 0.05) is 32.5 Å². The van der Waals surface area contributed by atoms with Gasteiger partial charge in [0.05, 0.1) is 18.6 Å². The van der Waals surface area contributed by atoms with Gasteiger partial charge in [-0.25, -0.2) is 0 Å².